The number of carbonyl (C=O) groups is 2. The minimum absolute atomic E-state index is 0.0429. The minimum atomic E-state index is -3.73. The van der Waals surface area contributed by atoms with Crippen LogP contribution >= 0.6 is 0 Å². The highest BCUT2D eigenvalue weighted by molar-refractivity contribution is 7.89. The number of ketones is 2. The number of aliphatic hydroxyl groups is 10. The summed E-state index contributed by atoms with van der Waals surface area (Å²) in [7, 11) is -3.73. The average Bonchev–Trinajstić information content (AvgIpc) is 3.15. The predicted molar refractivity (Wildman–Crippen MR) is 189 cm³/mol. The van der Waals surface area contributed by atoms with E-state index in [4.69, 9.17) is 28.4 Å². The maximum atomic E-state index is 12.5. The molecule has 0 aromatic heterocycles. The smallest absolute Gasteiger partial charge is 0.212 e. The third-order valence-corrected chi connectivity index (χ3v) is 11.1. The Morgan fingerprint density at radius 3 is 1.79 bits per heavy atom. The molecule has 3 aliphatic heterocycles. The lowest BCUT2D eigenvalue weighted by molar-refractivity contribution is -0.366. The third kappa shape index (κ3) is 14.4. The molecule has 56 heavy (non-hydrogen) atoms. The largest absolute Gasteiger partial charge is 0.394 e. The van der Waals surface area contributed by atoms with Gasteiger partial charge in [0.25, 0.3) is 0 Å². The lowest BCUT2D eigenvalue weighted by atomic mass is 9.96. The van der Waals surface area contributed by atoms with Gasteiger partial charge < -0.3 is 79.5 Å². The monoisotopic (exact) mass is 835 g/mol. The highest BCUT2D eigenvalue weighted by Crippen LogP contribution is 2.31. The molecule has 0 aliphatic carbocycles. The van der Waals surface area contributed by atoms with Gasteiger partial charge in [0.05, 0.1) is 32.2 Å². The summed E-state index contributed by atoms with van der Waals surface area (Å²) < 4.78 is 60.4. The van der Waals surface area contributed by atoms with Crippen LogP contribution < -0.4 is 4.72 Å². The molecule has 11 N–H and O–H groups in total. The first kappa shape index (κ1) is 49.0. The molecule has 0 spiro atoms. The summed E-state index contributed by atoms with van der Waals surface area (Å²) in [5, 5.41) is 103. The number of aliphatic hydroxyl groups excluding tert-OH is 10. The van der Waals surface area contributed by atoms with Crippen LogP contribution in [0.4, 0.5) is 0 Å². The van der Waals surface area contributed by atoms with Crippen molar-refractivity contribution in [3.63, 3.8) is 0 Å². The number of sulfonamides is 1. The molecular weight excluding hydrogens is 774 g/mol. The van der Waals surface area contributed by atoms with Gasteiger partial charge in [-0.25, -0.2) is 13.1 Å². The zero-order chi connectivity index (χ0) is 41.7. The Hall–Kier alpha value is -1.39. The second kappa shape index (κ2) is 23.4. The van der Waals surface area contributed by atoms with Gasteiger partial charge in [0.15, 0.2) is 18.9 Å². The van der Waals surface area contributed by atoms with Crippen molar-refractivity contribution in [3.05, 3.63) is 0 Å². The van der Waals surface area contributed by atoms with Crippen LogP contribution in [0.3, 0.4) is 0 Å². The van der Waals surface area contributed by atoms with Gasteiger partial charge in [-0.2, -0.15) is 0 Å². The molecule has 21 nitrogen and oxygen atoms in total. The van der Waals surface area contributed by atoms with Crippen LogP contribution in [0.5, 0.6) is 0 Å². The summed E-state index contributed by atoms with van der Waals surface area (Å²) in [5.74, 6) is -0.356. The number of rotatable bonds is 24. The topological polar surface area (TPSA) is 338 Å². The van der Waals surface area contributed by atoms with Crippen molar-refractivity contribution in [3.8, 4) is 0 Å². The molecule has 328 valence electrons. The first-order valence-corrected chi connectivity index (χ1v) is 20.6. The summed E-state index contributed by atoms with van der Waals surface area (Å²) in [5.41, 5.74) is 0. The molecule has 0 amide bonds. The molecule has 0 bridgehead atoms. The van der Waals surface area contributed by atoms with Gasteiger partial charge >= 0.3 is 0 Å². The van der Waals surface area contributed by atoms with E-state index in [2.05, 4.69) is 4.72 Å². The predicted octanol–water partition coefficient (Wildman–Crippen LogP) is -4.71. The van der Waals surface area contributed by atoms with Gasteiger partial charge in [-0.05, 0) is 25.2 Å². The molecular formula is C34H61NO20S. The second-order valence-corrected chi connectivity index (χ2v) is 16.7. The summed E-state index contributed by atoms with van der Waals surface area (Å²) >= 11 is 0. The van der Waals surface area contributed by atoms with Crippen LogP contribution in [0.1, 0.15) is 65.2 Å². The Morgan fingerprint density at radius 2 is 1.18 bits per heavy atom. The summed E-state index contributed by atoms with van der Waals surface area (Å²) in [4.78, 5) is 24.3. The molecule has 3 saturated heterocycles. The molecule has 0 aromatic carbocycles. The number of nitrogens with one attached hydrogen (secondary N) is 1. The van der Waals surface area contributed by atoms with Gasteiger partial charge in [-0.1, -0.05) is 20.3 Å². The van der Waals surface area contributed by atoms with Crippen LogP contribution in [0.15, 0.2) is 0 Å². The maximum Gasteiger partial charge on any atom is 0.212 e. The molecule has 3 aliphatic rings. The number of hydrogen-bond donors (Lipinski definition) is 11. The SMILES string of the molecule is CC(C)CC(=O)CCCCCNS(=O)(=O)CCC(=O)CCCO[C@@H]1O[C@H](CO[C@H]2O[C@H](CO)[C@@H](O)[C@H](O)[C@@H]2O)[C@@H](O)[C@H](O[C@H]2O[C@H](CO)[C@@H](O)[C@H](O)[C@@H]2O)[C@@H]1O. The van der Waals surface area contributed by atoms with E-state index in [0.29, 0.717) is 38.0 Å². The highest BCUT2D eigenvalue weighted by atomic mass is 32.2. The average molecular weight is 836 g/mol. The van der Waals surface area contributed by atoms with Crippen LogP contribution in [0.2, 0.25) is 0 Å². The Bertz CT molecular complexity index is 1290. The van der Waals surface area contributed by atoms with Crippen molar-refractivity contribution < 1.29 is 97.5 Å². The van der Waals surface area contributed by atoms with E-state index >= 15 is 0 Å². The van der Waals surface area contributed by atoms with Crippen molar-refractivity contribution in [2.75, 3.05) is 38.7 Å². The maximum absolute atomic E-state index is 12.5. The highest BCUT2D eigenvalue weighted by Gasteiger charge is 2.52. The quantitative estimate of drug-likeness (QED) is 0.0407. The normalized spacial score (nSPS) is 36.8. The fourth-order valence-corrected chi connectivity index (χ4v) is 7.49. The molecule has 3 rings (SSSR count). The van der Waals surface area contributed by atoms with Crippen LogP contribution in [-0.2, 0) is 48.0 Å². The van der Waals surface area contributed by atoms with E-state index in [1.807, 2.05) is 13.8 Å². The summed E-state index contributed by atoms with van der Waals surface area (Å²) in [6.07, 6.45) is -22.9. The number of Topliss-reactive ketones (excluding diaryl/α,β-unsaturated/α-hetero) is 2. The van der Waals surface area contributed by atoms with Crippen LogP contribution in [-0.4, -0.2) is 202 Å². The number of hydrogen-bond acceptors (Lipinski definition) is 20. The zero-order valence-corrected chi connectivity index (χ0v) is 32.4. The van der Waals surface area contributed by atoms with Gasteiger partial charge in [-0.3, -0.25) is 9.59 Å². The minimum Gasteiger partial charge on any atom is -0.394 e. The first-order valence-electron chi connectivity index (χ1n) is 18.9. The van der Waals surface area contributed by atoms with Crippen molar-refractivity contribution in [1.29, 1.82) is 0 Å². The van der Waals surface area contributed by atoms with Crippen LogP contribution in [0.25, 0.3) is 0 Å². The lowest BCUT2D eigenvalue weighted by Crippen LogP contribution is -2.65. The number of unbranched alkanes of at least 4 members (excludes halogenated alkanes) is 2. The zero-order valence-electron chi connectivity index (χ0n) is 31.6. The van der Waals surface area contributed by atoms with Gasteiger partial charge in [0, 0.05) is 32.2 Å². The van der Waals surface area contributed by atoms with Gasteiger partial charge in [-0.15, -0.1) is 0 Å². The number of ether oxygens (including phenoxy) is 6. The molecule has 0 radical (unpaired) electrons. The Balaban J connectivity index is 1.54. The molecule has 3 heterocycles. The Kier molecular flexibility index (Phi) is 20.5. The number of carbonyl (C=O) groups excluding carboxylic acids is 2. The van der Waals surface area contributed by atoms with E-state index in [1.165, 1.54) is 0 Å². The molecule has 0 unspecified atom stereocenters. The van der Waals surface area contributed by atoms with Crippen molar-refractivity contribution in [2.45, 2.75) is 157 Å². The van der Waals surface area contributed by atoms with E-state index in [9.17, 15) is 69.1 Å². The molecule has 0 saturated carbocycles. The fraction of sp³-hybridized carbons (Fsp3) is 0.941. The Morgan fingerprint density at radius 1 is 0.625 bits per heavy atom. The molecule has 22 heteroatoms. The van der Waals surface area contributed by atoms with Crippen molar-refractivity contribution in [1.82, 2.24) is 4.72 Å². The first-order chi connectivity index (χ1) is 26.4. The molecule has 3 fully saturated rings. The lowest BCUT2D eigenvalue weighted by Gasteiger charge is -2.46. The van der Waals surface area contributed by atoms with Crippen molar-refractivity contribution >= 4 is 21.6 Å². The van der Waals surface area contributed by atoms with E-state index in [0.717, 1.165) is 0 Å². The fourth-order valence-electron chi connectivity index (χ4n) is 6.39. The van der Waals surface area contributed by atoms with E-state index in [1.54, 1.807) is 0 Å². The molecule has 15 atom stereocenters. The van der Waals surface area contributed by atoms with Crippen molar-refractivity contribution in [2.24, 2.45) is 5.92 Å². The van der Waals surface area contributed by atoms with Gasteiger partial charge in [0.1, 0.15) is 84.8 Å². The van der Waals surface area contributed by atoms with E-state index in [-0.39, 0.29) is 38.2 Å². The third-order valence-electron chi connectivity index (χ3n) is 9.68. The van der Waals surface area contributed by atoms with Gasteiger partial charge in [0.2, 0.25) is 10.0 Å². The summed E-state index contributed by atoms with van der Waals surface area (Å²) in [6, 6.07) is 0. The van der Waals surface area contributed by atoms with E-state index < -0.39 is 133 Å². The Labute approximate surface area is 325 Å². The second-order valence-electron chi connectivity index (χ2n) is 14.8. The standard InChI is InChI=1S/C34H61NO20S/c1-17(2)13-19(39)7-4-3-5-10-35-56(48,49)12-9-18(38)8-6-11-50-33-30(47)31(55-34-29(46)27(44)24(41)21(15-37)53-34)25(42)22(54-33)16-51-32-28(45)26(43)23(40)20(14-36)52-32/h17,20-37,40-47H,3-16H2,1-2H3/t20-,21-,22-,23-,24-,25-,26+,27+,28+,29+,30+,31+,32+,33-,34-/m1/s1. The summed E-state index contributed by atoms with van der Waals surface area (Å²) in [6.45, 7) is 1.69. The molecule has 0 aromatic rings. The van der Waals surface area contributed by atoms with Crippen LogP contribution in [0, 0.1) is 5.92 Å².